The average Bonchev–Trinajstić information content (AvgIpc) is 2.35. The van der Waals surface area contributed by atoms with Crippen molar-refractivity contribution in [1.29, 1.82) is 0 Å². The molecule has 1 aromatic rings. The van der Waals surface area contributed by atoms with Gasteiger partial charge in [-0.05, 0) is 31.0 Å². The molecule has 0 heterocycles. The molecule has 1 rings (SSSR count). The fraction of sp³-hybridized carbons (Fsp3) is 0.500. The Kier molecular flexibility index (Phi) is 6.98. The Hall–Kier alpha value is -0.870. The topological polar surface area (TPSA) is 41.1 Å². The van der Waals surface area contributed by atoms with Gasteiger partial charge in [-0.2, -0.15) is 0 Å². The quantitative estimate of drug-likeness (QED) is 0.812. The lowest BCUT2D eigenvalue weighted by atomic mass is 10.0. The number of amides is 1. The summed E-state index contributed by atoms with van der Waals surface area (Å²) in [5.41, 5.74) is 1.25. The lowest BCUT2D eigenvalue weighted by molar-refractivity contribution is -0.120. The predicted molar refractivity (Wildman–Crippen MR) is 78.5 cm³/mol. The minimum Gasteiger partial charge on any atom is -0.356 e. The maximum atomic E-state index is 11.3. The minimum atomic E-state index is 0.106. The third-order valence-corrected chi connectivity index (χ3v) is 3.27. The molecule has 100 valence electrons. The SMILES string of the molecule is CCNC(=O)CCNC(CC)c1cccc(Br)c1. The molecule has 1 aromatic carbocycles. The number of hydrogen-bond donors (Lipinski definition) is 2. The van der Waals surface area contributed by atoms with Crippen LogP contribution in [0.15, 0.2) is 28.7 Å². The second kappa shape index (κ2) is 8.27. The second-order valence-electron chi connectivity index (χ2n) is 4.17. The van der Waals surface area contributed by atoms with Crippen LogP contribution in [-0.2, 0) is 4.79 Å². The molecule has 2 N–H and O–H groups in total. The van der Waals surface area contributed by atoms with E-state index in [0.29, 0.717) is 25.6 Å². The monoisotopic (exact) mass is 312 g/mol. The van der Waals surface area contributed by atoms with Crippen LogP contribution < -0.4 is 10.6 Å². The fourth-order valence-corrected chi connectivity index (χ4v) is 2.28. The van der Waals surface area contributed by atoms with Crippen molar-refractivity contribution < 1.29 is 4.79 Å². The summed E-state index contributed by atoms with van der Waals surface area (Å²) in [6, 6.07) is 8.58. The zero-order chi connectivity index (χ0) is 13.4. The number of rotatable bonds is 7. The maximum absolute atomic E-state index is 11.3. The van der Waals surface area contributed by atoms with E-state index in [1.54, 1.807) is 0 Å². The van der Waals surface area contributed by atoms with E-state index in [0.717, 1.165) is 10.9 Å². The van der Waals surface area contributed by atoms with Gasteiger partial charge in [-0.25, -0.2) is 0 Å². The summed E-state index contributed by atoms with van der Waals surface area (Å²) < 4.78 is 1.09. The van der Waals surface area contributed by atoms with E-state index in [1.807, 2.05) is 19.1 Å². The van der Waals surface area contributed by atoms with E-state index in [-0.39, 0.29) is 5.91 Å². The van der Waals surface area contributed by atoms with Crippen LogP contribution in [0.25, 0.3) is 0 Å². The standard InChI is InChI=1S/C14H21BrN2O/c1-3-13(11-6-5-7-12(15)10-11)17-9-8-14(18)16-4-2/h5-7,10,13,17H,3-4,8-9H2,1-2H3,(H,16,18). The lowest BCUT2D eigenvalue weighted by Gasteiger charge is -2.17. The van der Waals surface area contributed by atoms with E-state index in [9.17, 15) is 4.79 Å². The summed E-state index contributed by atoms with van der Waals surface area (Å²) in [6.07, 6.45) is 1.53. The zero-order valence-electron chi connectivity index (χ0n) is 11.0. The highest BCUT2D eigenvalue weighted by molar-refractivity contribution is 9.10. The molecule has 0 bridgehead atoms. The highest BCUT2D eigenvalue weighted by Crippen LogP contribution is 2.20. The van der Waals surface area contributed by atoms with Crippen molar-refractivity contribution in [2.75, 3.05) is 13.1 Å². The Morgan fingerprint density at radius 2 is 2.17 bits per heavy atom. The van der Waals surface area contributed by atoms with Crippen molar-refractivity contribution in [3.05, 3.63) is 34.3 Å². The molecule has 0 aliphatic heterocycles. The first-order chi connectivity index (χ1) is 8.67. The molecule has 0 saturated carbocycles. The number of hydrogen-bond acceptors (Lipinski definition) is 2. The van der Waals surface area contributed by atoms with Crippen LogP contribution in [0.5, 0.6) is 0 Å². The summed E-state index contributed by atoms with van der Waals surface area (Å²) in [4.78, 5) is 11.3. The Morgan fingerprint density at radius 3 is 2.78 bits per heavy atom. The van der Waals surface area contributed by atoms with E-state index >= 15 is 0 Å². The van der Waals surface area contributed by atoms with Crippen molar-refractivity contribution in [3.63, 3.8) is 0 Å². The smallest absolute Gasteiger partial charge is 0.221 e. The Morgan fingerprint density at radius 1 is 1.39 bits per heavy atom. The fourth-order valence-electron chi connectivity index (χ4n) is 1.87. The Labute approximate surface area is 117 Å². The van der Waals surface area contributed by atoms with Gasteiger partial charge in [0, 0.05) is 30.0 Å². The van der Waals surface area contributed by atoms with Crippen molar-refractivity contribution >= 4 is 21.8 Å². The van der Waals surface area contributed by atoms with Crippen molar-refractivity contribution in [2.45, 2.75) is 32.7 Å². The molecule has 1 atom stereocenters. The number of carbonyl (C=O) groups is 1. The van der Waals surface area contributed by atoms with Crippen molar-refractivity contribution in [2.24, 2.45) is 0 Å². The molecule has 0 fully saturated rings. The summed E-state index contributed by atoms with van der Waals surface area (Å²) in [5.74, 6) is 0.106. The van der Waals surface area contributed by atoms with E-state index < -0.39 is 0 Å². The van der Waals surface area contributed by atoms with E-state index in [4.69, 9.17) is 0 Å². The summed E-state index contributed by atoms with van der Waals surface area (Å²) >= 11 is 3.48. The van der Waals surface area contributed by atoms with Crippen LogP contribution in [0.1, 0.15) is 38.3 Å². The highest BCUT2D eigenvalue weighted by Gasteiger charge is 2.09. The molecule has 4 heteroatoms. The normalized spacial score (nSPS) is 12.2. The van der Waals surface area contributed by atoms with Crippen LogP contribution in [0, 0.1) is 0 Å². The van der Waals surface area contributed by atoms with Gasteiger partial charge in [0.15, 0.2) is 0 Å². The van der Waals surface area contributed by atoms with Crippen molar-refractivity contribution in [1.82, 2.24) is 10.6 Å². The first-order valence-electron chi connectivity index (χ1n) is 6.42. The average molecular weight is 313 g/mol. The van der Waals surface area contributed by atoms with Gasteiger partial charge in [-0.3, -0.25) is 4.79 Å². The van der Waals surface area contributed by atoms with Crippen LogP contribution in [0.2, 0.25) is 0 Å². The summed E-state index contributed by atoms with van der Waals surface area (Å²) in [5, 5.41) is 6.22. The van der Waals surface area contributed by atoms with Crippen LogP contribution in [0.3, 0.4) is 0 Å². The van der Waals surface area contributed by atoms with E-state index in [1.165, 1.54) is 5.56 Å². The predicted octanol–water partition coefficient (Wildman–Crippen LogP) is 3.02. The molecule has 0 saturated heterocycles. The molecule has 0 aromatic heterocycles. The summed E-state index contributed by atoms with van der Waals surface area (Å²) in [6.45, 7) is 5.48. The van der Waals surface area contributed by atoms with Crippen LogP contribution in [-0.4, -0.2) is 19.0 Å². The van der Waals surface area contributed by atoms with Crippen LogP contribution in [0.4, 0.5) is 0 Å². The van der Waals surface area contributed by atoms with Gasteiger partial charge in [0.25, 0.3) is 0 Å². The zero-order valence-corrected chi connectivity index (χ0v) is 12.6. The molecule has 3 nitrogen and oxygen atoms in total. The highest BCUT2D eigenvalue weighted by atomic mass is 79.9. The Bertz CT molecular complexity index is 382. The van der Waals surface area contributed by atoms with Gasteiger partial charge in [-0.1, -0.05) is 35.0 Å². The van der Waals surface area contributed by atoms with Gasteiger partial charge in [0.1, 0.15) is 0 Å². The number of nitrogens with one attached hydrogen (secondary N) is 2. The van der Waals surface area contributed by atoms with Gasteiger partial charge < -0.3 is 10.6 Å². The molecule has 0 aliphatic carbocycles. The number of carbonyl (C=O) groups excluding carboxylic acids is 1. The van der Waals surface area contributed by atoms with Gasteiger partial charge in [0.2, 0.25) is 5.91 Å². The van der Waals surface area contributed by atoms with E-state index in [2.05, 4.69) is 45.6 Å². The number of halogens is 1. The first-order valence-corrected chi connectivity index (χ1v) is 7.22. The summed E-state index contributed by atoms with van der Waals surface area (Å²) in [7, 11) is 0. The molecule has 0 radical (unpaired) electrons. The third kappa shape index (κ3) is 5.19. The molecular formula is C14H21BrN2O. The molecular weight excluding hydrogens is 292 g/mol. The Balaban J connectivity index is 2.45. The van der Waals surface area contributed by atoms with Gasteiger partial charge in [-0.15, -0.1) is 0 Å². The lowest BCUT2D eigenvalue weighted by Crippen LogP contribution is -2.29. The van der Waals surface area contributed by atoms with Crippen molar-refractivity contribution in [3.8, 4) is 0 Å². The number of benzene rings is 1. The second-order valence-corrected chi connectivity index (χ2v) is 5.09. The first kappa shape index (κ1) is 15.2. The molecule has 0 spiro atoms. The maximum Gasteiger partial charge on any atom is 0.221 e. The third-order valence-electron chi connectivity index (χ3n) is 2.78. The minimum absolute atomic E-state index is 0.106. The molecule has 0 aliphatic rings. The van der Waals surface area contributed by atoms with Gasteiger partial charge in [0.05, 0.1) is 0 Å². The molecule has 18 heavy (non-hydrogen) atoms. The van der Waals surface area contributed by atoms with Gasteiger partial charge >= 0.3 is 0 Å². The molecule has 1 amide bonds. The molecule has 1 unspecified atom stereocenters. The largest absolute Gasteiger partial charge is 0.356 e. The van der Waals surface area contributed by atoms with Crippen LogP contribution >= 0.6 is 15.9 Å².